The largest absolute Gasteiger partial charge is 0.388 e. The Balaban J connectivity index is 2.75. The van der Waals surface area contributed by atoms with Crippen molar-refractivity contribution >= 4 is 15.7 Å². The van der Waals surface area contributed by atoms with Crippen LogP contribution >= 0.6 is 0 Å². The lowest BCUT2D eigenvalue weighted by atomic mass is 10.0. The van der Waals surface area contributed by atoms with Crippen molar-refractivity contribution in [3.63, 3.8) is 0 Å². The van der Waals surface area contributed by atoms with Gasteiger partial charge in [-0.1, -0.05) is 0 Å². The van der Waals surface area contributed by atoms with Crippen LogP contribution < -0.4 is 10.5 Å². The Morgan fingerprint density at radius 1 is 1.50 bits per heavy atom. The van der Waals surface area contributed by atoms with E-state index in [-0.39, 0.29) is 17.1 Å². The first-order valence-corrected chi connectivity index (χ1v) is 7.48. The van der Waals surface area contributed by atoms with Gasteiger partial charge < -0.3 is 15.2 Å². The molecule has 0 spiro atoms. The molecule has 1 aromatic carbocycles. The quantitative estimate of drug-likeness (QED) is 0.687. The number of rotatable bonds is 7. The third-order valence-corrected chi connectivity index (χ3v) is 3.68. The normalized spacial score (nSPS) is 14.8. The maximum atomic E-state index is 13.7. The molecule has 0 aliphatic carbocycles. The number of halogens is 1. The van der Waals surface area contributed by atoms with E-state index in [0.717, 1.165) is 6.07 Å². The number of benzene rings is 1. The molecule has 6 nitrogen and oxygen atoms in total. The summed E-state index contributed by atoms with van der Waals surface area (Å²) < 4.78 is 40.7. The summed E-state index contributed by atoms with van der Waals surface area (Å²) in [4.78, 5) is -0.299. The van der Waals surface area contributed by atoms with Crippen molar-refractivity contribution in [2.75, 3.05) is 25.6 Å². The average molecular weight is 306 g/mol. The Labute approximate surface area is 117 Å². The number of ether oxygens (including phenoxy) is 1. The molecule has 0 radical (unpaired) electrons. The molecule has 0 amide bonds. The Morgan fingerprint density at radius 2 is 2.15 bits per heavy atom. The van der Waals surface area contributed by atoms with Crippen molar-refractivity contribution in [2.45, 2.75) is 23.8 Å². The van der Waals surface area contributed by atoms with Gasteiger partial charge in [-0.2, -0.15) is 0 Å². The monoisotopic (exact) mass is 306 g/mol. The number of hydrogen-bond donors (Lipinski definition) is 3. The molecule has 0 aromatic heterocycles. The highest BCUT2D eigenvalue weighted by Gasteiger charge is 2.20. The third-order valence-electron chi connectivity index (χ3n) is 2.77. The molecule has 0 aliphatic heterocycles. The van der Waals surface area contributed by atoms with Crippen LogP contribution in [0.15, 0.2) is 23.1 Å². The molecule has 1 unspecified atom stereocenters. The number of sulfonamides is 1. The van der Waals surface area contributed by atoms with E-state index in [2.05, 4.69) is 5.32 Å². The molecule has 0 fully saturated rings. The Hall–Kier alpha value is -1.22. The van der Waals surface area contributed by atoms with E-state index in [0.29, 0.717) is 13.0 Å². The van der Waals surface area contributed by atoms with Gasteiger partial charge in [-0.25, -0.2) is 17.9 Å². The van der Waals surface area contributed by atoms with Crippen molar-refractivity contribution in [1.82, 2.24) is 0 Å². The minimum atomic E-state index is -3.93. The van der Waals surface area contributed by atoms with Gasteiger partial charge in [-0.15, -0.1) is 0 Å². The fourth-order valence-electron chi connectivity index (χ4n) is 1.51. The summed E-state index contributed by atoms with van der Waals surface area (Å²) in [6, 6.07) is 3.30. The van der Waals surface area contributed by atoms with E-state index in [1.54, 1.807) is 6.92 Å². The lowest BCUT2D eigenvalue weighted by Gasteiger charge is -2.24. The molecule has 1 rings (SSSR count). The second-order valence-corrected chi connectivity index (χ2v) is 6.34. The Bertz CT molecular complexity index is 561. The average Bonchev–Trinajstić information content (AvgIpc) is 2.34. The van der Waals surface area contributed by atoms with Crippen LogP contribution in [0.2, 0.25) is 0 Å². The molecule has 4 N–H and O–H groups in total. The molecule has 1 atom stereocenters. The maximum absolute atomic E-state index is 13.7. The number of hydrogen-bond acceptors (Lipinski definition) is 5. The Morgan fingerprint density at radius 3 is 2.65 bits per heavy atom. The first-order chi connectivity index (χ1) is 9.15. The van der Waals surface area contributed by atoms with Gasteiger partial charge in [0.05, 0.1) is 16.2 Å². The highest BCUT2D eigenvalue weighted by atomic mass is 32.2. The molecule has 0 aliphatic rings. The number of nitrogens with one attached hydrogen (secondary N) is 1. The molecule has 0 saturated carbocycles. The zero-order chi connectivity index (χ0) is 15.4. The topological polar surface area (TPSA) is 102 Å². The number of primary sulfonamides is 1. The summed E-state index contributed by atoms with van der Waals surface area (Å²) in [5, 5.41) is 17.6. The highest BCUT2D eigenvalue weighted by Crippen LogP contribution is 2.19. The van der Waals surface area contributed by atoms with Gasteiger partial charge in [0.25, 0.3) is 0 Å². The molecule has 0 saturated heterocycles. The zero-order valence-electron chi connectivity index (χ0n) is 11.4. The van der Waals surface area contributed by atoms with Gasteiger partial charge in [0.1, 0.15) is 5.82 Å². The van der Waals surface area contributed by atoms with Crippen molar-refractivity contribution in [3.8, 4) is 0 Å². The van der Waals surface area contributed by atoms with Gasteiger partial charge in [-0.3, -0.25) is 0 Å². The van der Waals surface area contributed by atoms with Crippen molar-refractivity contribution in [3.05, 3.63) is 24.0 Å². The van der Waals surface area contributed by atoms with Crippen molar-refractivity contribution < 1.29 is 22.7 Å². The van der Waals surface area contributed by atoms with Crippen LogP contribution in [0.3, 0.4) is 0 Å². The van der Waals surface area contributed by atoms with Crippen LogP contribution in [0.1, 0.15) is 13.3 Å². The molecular weight excluding hydrogens is 287 g/mol. The SMILES string of the molecule is COCCC(C)(O)CNc1ccc(S(N)(=O)=O)cc1F. The minimum Gasteiger partial charge on any atom is -0.388 e. The van der Waals surface area contributed by atoms with E-state index < -0.39 is 21.4 Å². The van der Waals surface area contributed by atoms with Crippen LogP contribution in [-0.2, 0) is 14.8 Å². The first-order valence-electron chi connectivity index (χ1n) is 5.93. The van der Waals surface area contributed by atoms with Crippen molar-refractivity contribution in [2.24, 2.45) is 5.14 Å². The minimum absolute atomic E-state index is 0.0927. The van der Waals surface area contributed by atoms with Crippen LogP contribution in [0.4, 0.5) is 10.1 Å². The van der Waals surface area contributed by atoms with E-state index in [1.807, 2.05) is 0 Å². The smallest absolute Gasteiger partial charge is 0.238 e. The van der Waals surface area contributed by atoms with Gasteiger partial charge in [0.2, 0.25) is 10.0 Å². The highest BCUT2D eigenvalue weighted by molar-refractivity contribution is 7.89. The number of aliphatic hydroxyl groups is 1. The number of methoxy groups -OCH3 is 1. The molecule has 0 bridgehead atoms. The third kappa shape index (κ3) is 5.04. The summed E-state index contributed by atoms with van der Waals surface area (Å²) in [6.07, 6.45) is 0.382. The van der Waals surface area contributed by atoms with Crippen molar-refractivity contribution in [1.29, 1.82) is 0 Å². The number of anilines is 1. The standard InChI is InChI=1S/C12H19FN2O4S/c1-12(16,5-6-19-2)8-15-11-4-3-9(7-10(11)13)20(14,17)18/h3-4,7,15-16H,5-6,8H2,1-2H3,(H2,14,17,18). The molecule has 20 heavy (non-hydrogen) atoms. The lowest BCUT2D eigenvalue weighted by Crippen LogP contribution is -2.34. The first kappa shape index (κ1) is 16.8. The molecular formula is C12H19FN2O4S. The van der Waals surface area contributed by atoms with Crippen LogP contribution in [-0.4, -0.2) is 39.4 Å². The van der Waals surface area contributed by atoms with Crippen LogP contribution in [0, 0.1) is 5.82 Å². The fourth-order valence-corrected chi connectivity index (χ4v) is 2.04. The molecule has 0 heterocycles. The zero-order valence-corrected chi connectivity index (χ0v) is 12.2. The molecule has 1 aromatic rings. The van der Waals surface area contributed by atoms with Crippen LogP contribution in [0.5, 0.6) is 0 Å². The summed E-state index contributed by atoms with van der Waals surface area (Å²) in [5.41, 5.74) is -0.976. The summed E-state index contributed by atoms with van der Waals surface area (Å²) in [7, 11) is -2.41. The van der Waals surface area contributed by atoms with E-state index in [1.165, 1.54) is 19.2 Å². The summed E-state index contributed by atoms with van der Waals surface area (Å²) >= 11 is 0. The van der Waals surface area contributed by atoms with E-state index in [4.69, 9.17) is 9.88 Å². The summed E-state index contributed by atoms with van der Waals surface area (Å²) in [6.45, 7) is 2.07. The summed E-state index contributed by atoms with van der Waals surface area (Å²) in [5.74, 6) is -0.751. The van der Waals surface area contributed by atoms with Crippen LogP contribution in [0.25, 0.3) is 0 Å². The molecule has 114 valence electrons. The van der Waals surface area contributed by atoms with Gasteiger partial charge >= 0.3 is 0 Å². The predicted octanol–water partition coefficient (Wildman–Crippen LogP) is 0.673. The van der Waals surface area contributed by atoms with Gasteiger partial charge in [0.15, 0.2) is 0 Å². The Kier molecular flexibility index (Phi) is 5.46. The van der Waals surface area contributed by atoms with E-state index >= 15 is 0 Å². The fraction of sp³-hybridized carbons (Fsp3) is 0.500. The number of nitrogens with two attached hydrogens (primary N) is 1. The van der Waals surface area contributed by atoms with Gasteiger partial charge in [0, 0.05) is 26.7 Å². The predicted molar refractivity (Wildman–Crippen MR) is 73.4 cm³/mol. The lowest BCUT2D eigenvalue weighted by molar-refractivity contribution is 0.0357. The second kappa shape index (κ2) is 6.49. The second-order valence-electron chi connectivity index (χ2n) is 4.78. The maximum Gasteiger partial charge on any atom is 0.238 e. The van der Waals surface area contributed by atoms with E-state index in [9.17, 15) is 17.9 Å². The van der Waals surface area contributed by atoms with Gasteiger partial charge in [-0.05, 0) is 25.1 Å². The molecule has 8 heteroatoms.